The summed E-state index contributed by atoms with van der Waals surface area (Å²) in [5, 5.41) is 6.50. The van der Waals surface area contributed by atoms with Gasteiger partial charge in [0, 0.05) is 17.0 Å². The fourth-order valence-corrected chi connectivity index (χ4v) is 3.49. The van der Waals surface area contributed by atoms with Gasteiger partial charge in [-0.1, -0.05) is 32.0 Å². The molecule has 3 N–H and O–H groups in total. The third-order valence-corrected chi connectivity index (χ3v) is 5.05. The van der Waals surface area contributed by atoms with Crippen LogP contribution in [0.4, 0.5) is 5.69 Å². The molecule has 3 rings (SSSR count). The lowest BCUT2D eigenvalue weighted by Gasteiger charge is -2.14. The number of rotatable bonds is 6. The summed E-state index contributed by atoms with van der Waals surface area (Å²) in [6.45, 7) is 4.86. The van der Waals surface area contributed by atoms with Crippen LogP contribution in [-0.4, -0.2) is 10.9 Å². The highest BCUT2D eigenvalue weighted by atomic mass is 32.1. The first-order chi connectivity index (χ1) is 11.2. The summed E-state index contributed by atoms with van der Waals surface area (Å²) in [5.41, 5.74) is 11.0. The van der Waals surface area contributed by atoms with Crippen LogP contribution >= 0.6 is 11.3 Å². The summed E-state index contributed by atoms with van der Waals surface area (Å²) in [5.74, 6) is 1.16. The van der Waals surface area contributed by atoms with Crippen LogP contribution in [0.25, 0.3) is 0 Å². The van der Waals surface area contributed by atoms with Crippen molar-refractivity contribution in [3.05, 3.63) is 45.4 Å². The van der Waals surface area contributed by atoms with Gasteiger partial charge in [-0.15, -0.1) is 11.3 Å². The van der Waals surface area contributed by atoms with Gasteiger partial charge in [0.2, 0.25) is 0 Å². The minimum atomic E-state index is 0.462. The van der Waals surface area contributed by atoms with Gasteiger partial charge in [-0.2, -0.15) is 0 Å². The molecular formula is C18H24N4S. The number of aliphatic imine (C=N–C) groups is 1. The third-order valence-electron chi connectivity index (χ3n) is 4.20. The SMILES string of the molecule is CCc1cccc(CC)c1NC(N)=NCc1nc(C2CC2)cs1. The van der Waals surface area contributed by atoms with E-state index in [1.165, 1.54) is 29.7 Å². The van der Waals surface area contributed by atoms with Crippen molar-refractivity contribution in [2.45, 2.75) is 52.0 Å². The van der Waals surface area contributed by atoms with Crippen LogP contribution in [0.2, 0.25) is 0 Å². The predicted octanol–water partition coefficient (Wildman–Crippen LogP) is 4.07. The topological polar surface area (TPSA) is 63.3 Å². The summed E-state index contributed by atoms with van der Waals surface area (Å²) >= 11 is 1.68. The Balaban J connectivity index is 1.69. The number of aryl methyl sites for hydroxylation is 2. The lowest BCUT2D eigenvalue weighted by atomic mass is 10.0. The second-order valence-corrected chi connectivity index (χ2v) is 6.87. The Kier molecular flexibility index (Phi) is 4.96. The lowest BCUT2D eigenvalue weighted by molar-refractivity contribution is 0.970. The Bertz CT molecular complexity index is 679. The molecule has 0 unspecified atom stereocenters. The molecule has 4 nitrogen and oxygen atoms in total. The van der Waals surface area contributed by atoms with Gasteiger partial charge in [0.25, 0.3) is 0 Å². The number of benzene rings is 1. The zero-order chi connectivity index (χ0) is 16.2. The molecule has 0 atom stereocenters. The van der Waals surface area contributed by atoms with E-state index in [-0.39, 0.29) is 0 Å². The van der Waals surface area contributed by atoms with Crippen LogP contribution in [0, 0.1) is 0 Å². The number of aromatic nitrogens is 1. The first-order valence-corrected chi connectivity index (χ1v) is 9.21. The first-order valence-electron chi connectivity index (χ1n) is 8.33. The average molecular weight is 328 g/mol. The standard InChI is InChI=1S/C18H24N4S/c1-3-12-6-5-7-13(4-2)17(12)22-18(19)20-10-16-21-15(11-23-16)14-8-9-14/h5-7,11,14H,3-4,8-10H2,1-2H3,(H3,19,20,22). The highest BCUT2D eigenvalue weighted by Gasteiger charge is 2.25. The Morgan fingerprint density at radius 3 is 2.61 bits per heavy atom. The van der Waals surface area contributed by atoms with Gasteiger partial charge in [0.05, 0.1) is 12.2 Å². The molecule has 0 spiro atoms. The average Bonchev–Trinajstić information content (AvgIpc) is 3.31. The summed E-state index contributed by atoms with van der Waals surface area (Å²) in [6, 6.07) is 6.38. The van der Waals surface area contributed by atoms with Crippen LogP contribution in [-0.2, 0) is 19.4 Å². The maximum absolute atomic E-state index is 6.10. The van der Waals surface area contributed by atoms with E-state index in [1.807, 2.05) is 0 Å². The van der Waals surface area contributed by atoms with Crippen molar-refractivity contribution < 1.29 is 0 Å². The zero-order valence-electron chi connectivity index (χ0n) is 13.8. The van der Waals surface area contributed by atoms with E-state index in [0.717, 1.165) is 23.5 Å². The zero-order valence-corrected chi connectivity index (χ0v) is 14.6. The normalized spacial score (nSPS) is 15.0. The molecule has 1 aromatic heterocycles. The maximum atomic E-state index is 6.10. The van der Waals surface area contributed by atoms with Crippen molar-refractivity contribution in [2.75, 3.05) is 5.32 Å². The summed E-state index contributed by atoms with van der Waals surface area (Å²) in [6.07, 6.45) is 4.51. The van der Waals surface area contributed by atoms with Crippen LogP contribution in [0.3, 0.4) is 0 Å². The van der Waals surface area contributed by atoms with E-state index in [2.05, 4.69) is 52.7 Å². The minimum Gasteiger partial charge on any atom is -0.370 e. The molecule has 1 aliphatic carbocycles. The number of hydrogen-bond acceptors (Lipinski definition) is 3. The molecular weight excluding hydrogens is 304 g/mol. The molecule has 0 saturated heterocycles. The van der Waals surface area contributed by atoms with Crippen molar-refractivity contribution in [1.82, 2.24) is 4.98 Å². The monoisotopic (exact) mass is 328 g/mol. The van der Waals surface area contributed by atoms with E-state index in [9.17, 15) is 0 Å². The number of guanidine groups is 1. The highest BCUT2D eigenvalue weighted by Crippen LogP contribution is 2.40. The molecule has 2 aromatic rings. The van der Waals surface area contributed by atoms with Gasteiger partial charge in [0.1, 0.15) is 5.01 Å². The van der Waals surface area contributed by atoms with Crippen molar-refractivity contribution in [3.63, 3.8) is 0 Å². The van der Waals surface area contributed by atoms with Crippen LogP contribution in [0.1, 0.15) is 54.4 Å². The van der Waals surface area contributed by atoms with Crippen LogP contribution < -0.4 is 11.1 Å². The van der Waals surface area contributed by atoms with Crippen molar-refractivity contribution >= 4 is 23.0 Å². The van der Waals surface area contributed by atoms with Crippen LogP contribution in [0.15, 0.2) is 28.6 Å². The number of anilines is 1. The van der Waals surface area contributed by atoms with Gasteiger partial charge in [-0.3, -0.25) is 0 Å². The molecule has 122 valence electrons. The smallest absolute Gasteiger partial charge is 0.193 e. The summed E-state index contributed by atoms with van der Waals surface area (Å²) in [7, 11) is 0. The molecule has 0 bridgehead atoms. The Labute approximate surface area is 141 Å². The van der Waals surface area contributed by atoms with Gasteiger partial charge >= 0.3 is 0 Å². The second kappa shape index (κ2) is 7.13. The molecule has 1 saturated carbocycles. The lowest BCUT2D eigenvalue weighted by Crippen LogP contribution is -2.24. The fourth-order valence-electron chi connectivity index (χ4n) is 2.69. The summed E-state index contributed by atoms with van der Waals surface area (Å²) in [4.78, 5) is 9.11. The number of nitrogens with zero attached hydrogens (tertiary/aromatic N) is 2. The predicted molar refractivity (Wildman–Crippen MR) is 98.2 cm³/mol. The number of thiazole rings is 1. The molecule has 5 heteroatoms. The largest absolute Gasteiger partial charge is 0.370 e. The molecule has 0 radical (unpaired) electrons. The summed E-state index contributed by atoms with van der Waals surface area (Å²) < 4.78 is 0. The molecule has 1 fully saturated rings. The highest BCUT2D eigenvalue weighted by molar-refractivity contribution is 7.09. The number of nitrogens with one attached hydrogen (secondary N) is 1. The van der Waals surface area contributed by atoms with Crippen molar-refractivity contribution in [3.8, 4) is 0 Å². The number of para-hydroxylation sites is 1. The first kappa shape index (κ1) is 16.0. The number of hydrogen-bond donors (Lipinski definition) is 2. The van der Waals surface area contributed by atoms with Crippen molar-refractivity contribution in [1.29, 1.82) is 0 Å². The van der Waals surface area contributed by atoms with Crippen molar-refractivity contribution in [2.24, 2.45) is 10.7 Å². The van der Waals surface area contributed by atoms with Gasteiger partial charge in [-0.05, 0) is 36.8 Å². The van der Waals surface area contributed by atoms with E-state index in [1.54, 1.807) is 11.3 Å². The van der Waals surface area contributed by atoms with Gasteiger partial charge in [-0.25, -0.2) is 9.98 Å². The van der Waals surface area contributed by atoms with Gasteiger partial charge in [0.15, 0.2) is 5.96 Å². The molecule has 23 heavy (non-hydrogen) atoms. The molecule has 0 amide bonds. The van der Waals surface area contributed by atoms with E-state index >= 15 is 0 Å². The third kappa shape index (κ3) is 3.91. The fraction of sp³-hybridized carbons (Fsp3) is 0.444. The molecule has 1 heterocycles. The Morgan fingerprint density at radius 1 is 1.30 bits per heavy atom. The Hall–Kier alpha value is -1.88. The quantitative estimate of drug-likeness (QED) is 0.620. The van der Waals surface area contributed by atoms with E-state index in [4.69, 9.17) is 5.73 Å². The molecule has 1 aromatic carbocycles. The molecule has 0 aliphatic heterocycles. The minimum absolute atomic E-state index is 0.462. The van der Waals surface area contributed by atoms with E-state index < -0.39 is 0 Å². The van der Waals surface area contributed by atoms with Crippen LogP contribution in [0.5, 0.6) is 0 Å². The maximum Gasteiger partial charge on any atom is 0.193 e. The second-order valence-electron chi connectivity index (χ2n) is 5.93. The van der Waals surface area contributed by atoms with Gasteiger partial charge < -0.3 is 11.1 Å². The molecule has 1 aliphatic rings. The van der Waals surface area contributed by atoms with E-state index in [0.29, 0.717) is 18.4 Å². The Morgan fingerprint density at radius 2 is 2.00 bits per heavy atom. The number of nitrogens with two attached hydrogens (primary N) is 1.